The number of benzene rings is 1. The first kappa shape index (κ1) is 14.0. The third-order valence-corrected chi connectivity index (χ3v) is 3.50. The van der Waals surface area contributed by atoms with E-state index in [1.165, 1.54) is 6.07 Å². The van der Waals surface area contributed by atoms with Crippen LogP contribution in [0.2, 0.25) is 5.02 Å². The fourth-order valence-electron chi connectivity index (χ4n) is 2.25. The van der Waals surface area contributed by atoms with Gasteiger partial charge in [-0.15, -0.1) is 0 Å². The van der Waals surface area contributed by atoms with Gasteiger partial charge in [0.1, 0.15) is 5.82 Å². The van der Waals surface area contributed by atoms with Gasteiger partial charge in [-0.1, -0.05) is 25.4 Å². The highest BCUT2D eigenvalue weighted by molar-refractivity contribution is 6.30. The lowest BCUT2D eigenvalue weighted by atomic mass is 10.1. The highest BCUT2D eigenvalue weighted by atomic mass is 35.5. The van der Waals surface area contributed by atoms with Gasteiger partial charge in [0.25, 0.3) is 0 Å². The topological polar surface area (TPSA) is 43.8 Å². The summed E-state index contributed by atoms with van der Waals surface area (Å²) in [7, 11) is 0. The van der Waals surface area contributed by atoms with Crippen LogP contribution in [0.1, 0.15) is 30.8 Å². The van der Waals surface area contributed by atoms with Crippen molar-refractivity contribution in [1.82, 2.24) is 9.78 Å². The molecule has 0 aliphatic carbocycles. The molecule has 1 aromatic carbocycles. The predicted molar refractivity (Wildman–Crippen MR) is 75.2 cm³/mol. The molecular weight excluding hydrogens is 265 g/mol. The Kier molecular flexibility index (Phi) is 4.22. The molecule has 0 saturated carbocycles. The van der Waals surface area contributed by atoms with Crippen molar-refractivity contribution >= 4 is 11.6 Å². The zero-order valence-corrected chi connectivity index (χ0v) is 11.8. The van der Waals surface area contributed by atoms with Crippen LogP contribution in [-0.2, 0) is 19.4 Å². The number of nitrogens with two attached hydrogens (primary N) is 1. The molecule has 0 fully saturated rings. The molecule has 2 N–H and O–H groups in total. The van der Waals surface area contributed by atoms with Crippen molar-refractivity contribution in [3.8, 4) is 5.69 Å². The van der Waals surface area contributed by atoms with Gasteiger partial charge in [0.2, 0.25) is 0 Å². The maximum atomic E-state index is 13.6. The number of hydrogen-bond acceptors (Lipinski definition) is 2. The van der Waals surface area contributed by atoms with Gasteiger partial charge in [-0.3, -0.25) is 0 Å². The highest BCUT2D eigenvalue weighted by Gasteiger charge is 2.16. The van der Waals surface area contributed by atoms with Gasteiger partial charge >= 0.3 is 0 Å². The van der Waals surface area contributed by atoms with E-state index >= 15 is 0 Å². The third kappa shape index (κ3) is 2.51. The maximum Gasteiger partial charge on any atom is 0.143 e. The van der Waals surface area contributed by atoms with Crippen LogP contribution in [0.15, 0.2) is 18.2 Å². The summed E-state index contributed by atoms with van der Waals surface area (Å²) < 4.78 is 15.3. The van der Waals surface area contributed by atoms with Gasteiger partial charge in [0.15, 0.2) is 0 Å². The van der Waals surface area contributed by atoms with Crippen molar-refractivity contribution in [3.63, 3.8) is 0 Å². The minimum atomic E-state index is -0.441. The summed E-state index contributed by atoms with van der Waals surface area (Å²) >= 11 is 5.71. The molecule has 102 valence electrons. The number of rotatable bonds is 4. The molecule has 0 spiro atoms. The second-order valence-corrected chi connectivity index (χ2v) is 4.70. The fraction of sp³-hybridized carbons (Fsp3) is 0.357. The van der Waals surface area contributed by atoms with Gasteiger partial charge in [-0.2, -0.15) is 5.10 Å². The molecule has 3 nitrogen and oxygen atoms in total. The first-order valence-corrected chi connectivity index (χ1v) is 6.75. The van der Waals surface area contributed by atoms with Crippen molar-refractivity contribution in [2.75, 3.05) is 0 Å². The largest absolute Gasteiger partial charge is 0.326 e. The molecule has 2 aromatic rings. The molecule has 0 atom stereocenters. The van der Waals surface area contributed by atoms with E-state index in [4.69, 9.17) is 17.3 Å². The Labute approximate surface area is 117 Å². The first-order chi connectivity index (χ1) is 9.12. The average molecular weight is 282 g/mol. The molecule has 0 unspecified atom stereocenters. The normalized spacial score (nSPS) is 11.0. The monoisotopic (exact) mass is 281 g/mol. The third-order valence-electron chi connectivity index (χ3n) is 3.19. The number of aromatic nitrogens is 2. The van der Waals surface area contributed by atoms with E-state index in [9.17, 15) is 4.39 Å². The highest BCUT2D eigenvalue weighted by Crippen LogP contribution is 2.23. The van der Waals surface area contributed by atoms with Crippen LogP contribution < -0.4 is 5.73 Å². The number of hydrogen-bond donors (Lipinski definition) is 1. The predicted octanol–water partition coefficient (Wildman–Crippen LogP) is 3.25. The van der Waals surface area contributed by atoms with E-state index in [1.807, 2.05) is 13.8 Å². The van der Waals surface area contributed by atoms with Crippen LogP contribution in [0.5, 0.6) is 0 Å². The lowest BCUT2D eigenvalue weighted by Gasteiger charge is -2.07. The Morgan fingerprint density at radius 3 is 2.58 bits per heavy atom. The minimum absolute atomic E-state index is 0.115. The zero-order chi connectivity index (χ0) is 14.0. The smallest absolute Gasteiger partial charge is 0.143 e. The number of nitrogens with zero attached hydrogens (tertiary/aromatic N) is 2. The summed E-state index contributed by atoms with van der Waals surface area (Å²) in [5.74, 6) is -0.441. The Bertz CT molecular complexity index is 593. The van der Waals surface area contributed by atoms with Gasteiger partial charge < -0.3 is 5.73 Å². The van der Waals surface area contributed by atoms with Crippen LogP contribution in [0.3, 0.4) is 0 Å². The van der Waals surface area contributed by atoms with Gasteiger partial charge in [-0.25, -0.2) is 9.07 Å². The summed E-state index contributed by atoms with van der Waals surface area (Å²) in [6.45, 7) is 4.52. The van der Waals surface area contributed by atoms with E-state index in [0.29, 0.717) is 12.2 Å². The molecule has 0 saturated heterocycles. The minimum Gasteiger partial charge on any atom is -0.326 e. The quantitative estimate of drug-likeness (QED) is 0.935. The second kappa shape index (κ2) is 5.72. The van der Waals surface area contributed by atoms with Crippen LogP contribution in [0.25, 0.3) is 5.69 Å². The average Bonchev–Trinajstić information content (AvgIpc) is 2.79. The van der Waals surface area contributed by atoms with Crippen molar-refractivity contribution in [2.45, 2.75) is 33.2 Å². The first-order valence-electron chi connectivity index (χ1n) is 6.37. The molecule has 0 radical (unpaired) electrons. The molecule has 19 heavy (non-hydrogen) atoms. The Morgan fingerprint density at radius 1 is 1.32 bits per heavy atom. The Balaban J connectivity index is 2.60. The lowest BCUT2D eigenvalue weighted by Crippen LogP contribution is -2.05. The summed E-state index contributed by atoms with van der Waals surface area (Å²) in [6.07, 6.45) is 1.60. The number of halogens is 2. The molecule has 1 aromatic heterocycles. The summed E-state index contributed by atoms with van der Waals surface area (Å²) in [5, 5.41) is 4.65. The molecule has 2 rings (SSSR count). The molecule has 1 heterocycles. The molecule has 0 aliphatic heterocycles. The SMILES string of the molecule is CCc1nn(-c2ccc(Cl)c(F)c2)c(CC)c1CN. The molecular formula is C14H17ClFN3. The van der Waals surface area contributed by atoms with Crippen molar-refractivity contribution in [3.05, 3.63) is 46.0 Å². The summed E-state index contributed by atoms with van der Waals surface area (Å²) in [5.41, 5.74) is 9.53. The van der Waals surface area contributed by atoms with Gasteiger partial charge in [-0.05, 0) is 25.0 Å². The van der Waals surface area contributed by atoms with Gasteiger partial charge in [0, 0.05) is 23.9 Å². The Morgan fingerprint density at radius 2 is 2.05 bits per heavy atom. The van der Waals surface area contributed by atoms with Crippen LogP contribution in [0, 0.1) is 5.82 Å². The maximum absolute atomic E-state index is 13.6. The van der Waals surface area contributed by atoms with E-state index in [2.05, 4.69) is 5.10 Å². The fourth-order valence-corrected chi connectivity index (χ4v) is 2.37. The molecule has 0 amide bonds. The standard InChI is InChI=1S/C14H17ClFN3/c1-3-13-10(8-17)14(4-2)19(18-13)9-5-6-11(15)12(16)7-9/h5-7H,3-4,8,17H2,1-2H3. The zero-order valence-electron chi connectivity index (χ0n) is 11.1. The van der Waals surface area contributed by atoms with Crippen LogP contribution in [-0.4, -0.2) is 9.78 Å². The Hall–Kier alpha value is -1.39. The van der Waals surface area contributed by atoms with E-state index in [-0.39, 0.29) is 5.02 Å². The summed E-state index contributed by atoms with van der Waals surface area (Å²) in [4.78, 5) is 0. The van der Waals surface area contributed by atoms with Gasteiger partial charge in [0.05, 0.1) is 16.4 Å². The van der Waals surface area contributed by atoms with E-state index in [0.717, 1.165) is 29.8 Å². The molecule has 5 heteroatoms. The van der Waals surface area contributed by atoms with E-state index in [1.54, 1.807) is 16.8 Å². The van der Waals surface area contributed by atoms with Crippen LogP contribution in [0.4, 0.5) is 4.39 Å². The van der Waals surface area contributed by atoms with Crippen LogP contribution >= 0.6 is 11.6 Å². The summed E-state index contributed by atoms with van der Waals surface area (Å²) in [6, 6.07) is 4.70. The number of aryl methyl sites for hydroxylation is 1. The van der Waals surface area contributed by atoms with Crippen molar-refractivity contribution in [2.24, 2.45) is 5.73 Å². The molecule has 0 bridgehead atoms. The molecule has 0 aliphatic rings. The lowest BCUT2D eigenvalue weighted by molar-refractivity contribution is 0.625. The second-order valence-electron chi connectivity index (χ2n) is 4.29. The van der Waals surface area contributed by atoms with E-state index < -0.39 is 5.82 Å². The van der Waals surface area contributed by atoms with Crippen molar-refractivity contribution < 1.29 is 4.39 Å². The van der Waals surface area contributed by atoms with Crippen molar-refractivity contribution in [1.29, 1.82) is 0 Å².